The van der Waals surface area contributed by atoms with Crippen molar-refractivity contribution in [2.45, 2.75) is 32.4 Å². The number of ether oxygens (including phenoxy) is 1. The van der Waals surface area contributed by atoms with Gasteiger partial charge in [0, 0.05) is 13.0 Å². The van der Waals surface area contributed by atoms with Crippen LogP contribution in [0.5, 0.6) is 5.75 Å². The first kappa shape index (κ1) is 13.1. The lowest BCUT2D eigenvalue weighted by Gasteiger charge is -2.15. The van der Waals surface area contributed by atoms with E-state index in [9.17, 15) is 4.79 Å². The highest BCUT2D eigenvalue weighted by Gasteiger charge is 2.17. The standard InChI is InChI=1S/C12H14ClN5O2/c1-20-10-11(13)14-7-17(12(10)19)6-9-16-15-8-4-2-3-5-18(8)9/h7H,2-6H2,1H3. The Morgan fingerprint density at radius 1 is 1.40 bits per heavy atom. The first-order valence-corrected chi connectivity index (χ1v) is 6.78. The predicted molar refractivity (Wildman–Crippen MR) is 72.1 cm³/mol. The maximum Gasteiger partial charge on any atom is 0.297 e. The molecule has 0 amide bonds. The maximum atomic E-state index is 12.2. The molecule has 0 radical (unpaired) electrons. The van der Waals surface area contributed by atoms with Gasteiger partial charge in [-0.05, 0) is 12.8 Å². The van der Waals surface area contributed by atoms with Crippen molar-refractivity contribution in [2.75, 3.05) is 7.11 Å². The van der Waals surface area contributed by atoms with Crippen LogP contribution in [0.4, 0.5) is 0 Å². The van der Waals surface area contributed by atoms with Crippen LogP contribution in [0.15, 0.2) is 11.1 Å². The molecule has 2 aromatic rings. The Kier molecular flexibility index (Phi) is 3.43. The first-order chi connectivity index (χ1) is 9.70. The van der Waals surface area contributed by atoms with Gasteiger partial charge in [-0.1, -0.05) is 11.6 Å². The van der Waals surface area contributed by atoms with Crippen molar-refractivity contribution >= 4 is 11.6 Å². The fourth-order valence-electron chi connectivity index (χ4n) is 2.37. The number of aromatic nitrogens is 5. The average Bonchev–Trinajstić information content (AvgIpc) is 2.86. The molecule has 1 aliphatic rings. The van der Waals surface area contributed by atoms with Crippen molar-refractivity contribution in [3.8, 4) is 5.75 Å². The Balaban J connectivity index is 1.96. The molecular weight excluding hydrogens is 282 g/mol. The quantitative estimate of drug-likeness (QED) is 0.786. The van der Waals surface area contributed by atoms with E-state index in [1.165, 1.54) is 18.0 Å². The summed E-state index contributed by atoms with van der Waals surface area (Å²) in [5.74, 6) is 1.79. The zero-order valence-electron chi connectivity index (χ0n) is 11.0. The Hall–Kier alpha value is -1.89. The van der Waals surface area contributed by atoms with Crippen molar-refractivity contribution in [1.82, 2.24) is 24.3 Å². The molecular formula is C12H14ClN5O2. The van der Waals surface area contributed by atoms with Crippen LogP contribution in [-0.2, 0) is 19.5 Å². The molecule has 0 N–H and O–H groups in total. The van der Waals surface area contributed by atoms with Crippen LogP contribution < -0.4 is 10.3 Å². The zero-order chi connectivity index (χ0) is 14.1. The number of methoxy groups -OCH3 is 1. The second kappa shape index (κ2) is 5.24. The SMILES string of the molecule is COc1c(Cl)ncn(Cc2nnc3n2CCCC3)c1=O. The zero-order valence-corrected chi connectivity index (χ0v) is 11.8. The fourth-order valence-corrected chi connectivity index (χ4v) is 2.57. The van der Waals surface area contributed by atoms with Gasteiger partial charge in [-0.15, -0.1) is 10.2 Å². The summed E-state index contributed by atoms with van der Waals surface area (Å²) in [6.07, 6.45) is 4.57. The van der Waals surface area contributed by atoms with Crippen molar-refractivity contribution in [3.05, 3.63) is 33.5 Å². The minimum Gasteiger partial charge on any atom is -0.489 e. The summed E-state index contributed by atoms with van der Waals surface area (Å²) in [5.41, 5.74) is -0.319. The van der Waals surface area contributed by atoms with Crippen LogP contribution in [0.2, 0.25) is 5.15 Å². The molecule has 1 aliphatic heterocycles. The van der Waals surface area contributed by atoms with E-state index < -0.39 is 0 Å². The van der Waals surface area contributed by atoms with Crippen LogP contribution in [-0.4, -0.2) is 31.4 Å². The minimum atomic E-state index is -0.319. The third kappa shape index (κ3) is 2.18. The molecule has 8 heteroatoms. The molecule has 0 spiro atoms. The van der Waals surface area contributed by atoms with Crippen molar-refractivity contribution in [2.24, 2.45) is 0 Å². The summed E-state index contributed by atoms with van der Waals surface area (Å²) in [7, 11) is 1.40. The van der Waals surface area contributed by atoms with Crippen molar-refractivity contribution in [3.63, 3.8) is 0 Å². The van der Waals surface area contributed by atoms with Gasteiger partial charge in [0.15, 0.2) is 11.0 Å². The Labute approximate surface area is 120 Å². The molecule has 0 aliphatic carbocycles. The lowest BCUT2D eigenvalue weighted by molar-refractivity contribution is 0.399. The molecule has 7 nitrogen and oxygen atoms in total. The molecule has 0 saturated heterocycles. The molecule has 3 rings (SSSR count). The van der Waals surface area contributed by atoms with Gasteiger partial charge in [-0.25, -0.2) is 4.98 Å². The molecule has 20 heavy (non-hydrogen) atoms. The Morgan fingerprint density at radius 3 is 3.05 bits per heavy atom. The molecule has 0 unspecified atom stereocenters. The number of rotatable bonds is 3. The monoisotopic (exact) mass is 295 g/mol. The molecule has 2 aromatic heterocycles. The van der Waals surface area contributed by atoms with Gasteiger partial charge in [0.2, 0.25) is 5.75 Å². The molecule has 0 atom stereocenters. The predicted octanol–water partition coefficient (Wildman–Crippen LogP) is 0.881. The van der Waals surface area contributed by atoms with E-state index in [4.69, 9.17) is 16.3 Å². The van der Waals surface area contributed by atoms with E-state index in [0.29, 0.717) is 6.54 Å². The smallest absolute Gasteiger partial charge is 0.297 e. The molecule has 0 aromatic carbocycles. The number of fused-ring (bicyclic) bond motifs is 1. The van der Waals surface area contributed by atoms with E-state index >= 15 is 0 Å². The molecule has 0 saturated carbocycles. The van der Waals surface area contributed by atoms with Gasteiger partial charge in [0.1, 0.15) is 5.82 Å². The highest BCUT2D eigenvalue weighted by atomic mass is 35.5. The first-order valence-electron chi connectivity index (χ1n) is 6.40. The Bertz CT molecular complexity index is 694. The van der Waals surface area contributed by atoms with E-state index in [2.05, 4.69) is 19.7 Å². The van der Waals surface area contributed by atoms with E-state index in [-0.39, 0.29) is 16.5 Å². The minimum absolute atomic E-state index is 0.0487. The third-order valence-electron chi connectivity index (χ3n) is 3.40. The molecule has 106 valence electrons. The summed E-state index contributed by atoms with van der Waals surface area (Å²) in [6, 6.07) is 0. The number of hydrogen-bond acceptors (Lipinski definition) is 5. The van der Waals surface area contributed by atoms with Crippen LogP contribution >= 0.6 is 11.6 Å². The lowest BCUT2D eigenvalue weighted by atomic mass is 10.2. The van der Waals surface area contributed by atoms with E-state index in [0.717, 1.165) is 37.5 Å². The van der Waals surface area contributed by atoms with Gasteiger partial charge in [-0.2, -0.15) is 0 Å². The summed E-state index contributed by atoms with van der Waals surface area (Å²) in [4.78, 5) is 16.1. The van der Waals surface area contributed by atoms with E-state index in [1.807, 2.05) is 0 Å². The normalized spacial score (nSPS) is 14.1. The second-order valence-corrected chi connectivity index (χ2v) is 5.00. The van der Waals surface area contributed by atoms with Gasteiger partial charge in [0.25, 0.3) is 5.56 Å². The summed E-state index contributed by atoms with van der Waals surface area (Å²) in [5, 5.41) is 8.39. The number of hydrogen-bond donors (Lipinski definition) is 0. The average molecular weight is 296 g/mol. The summed E-state index contributed by atoms with van der Waals surface area (Å²) < 4.78 is 8.47. The van der Waals surface area contributed by atoms with Gasteiger partial charge in [0.05, 0.1) is 20.0 Å². The van der Waals surface area contributed by atoms with E-state index in [1.54, 1.807) is 0 Å². The maximum absolute atomic E-state index is 12.2. The molecule has 0 fully saturated rings. The highest BCUT2D eigenvalue weighted by molar-refractivity contribution is 6.30. The highest BCUT2D eigenvalue weighted by Crippen LogP contribution is 2.17. The van der Waals surface area contributed by atoms with Crippen molar-refractivity contribution in [1.29, 1.82) is 0 Å². The van der Waals surface area contributed by atoms with Gasteiger partial charge >= 0.3 is 0 Å². The topological polar surface area (TPSA) is 74.8 Å². The van der Waals surface area contributed by atoms with Crippen LogP contribution in [0.1, 0.15) is 24.5 Å². The van der Waals surface area contributed by atoms with Crippen LogP contribution in [0.25, 0.3) is 0 Å². The van der Waals surface area contributed by atoms with Crippen LogP contribution in [0, 0.1) is 0 Å². The van der Waals surface area contributed by atoms with Gasteiger partial charge in [-0.3, -0.25) is 9.36 Å². The number of aryl methyl sites for hydroxylation is 1. The lowest BCUT2D eigenvalue weighted by Crippen LogP contribution is -2.25. The number of nitrogens with zero attached hydrogens (tertiary/aromatic N) is 5. The number of halogens is 1. The Morgan fingerprint density at radius 2 is 2.25 bits per heavy atom. The summed E-state index contributed by atoms with van der Waals surface area (Å²) in [6.45, 7) is 1.21. The molecule has 0 bridgehead atoms. The largest absolute Gasteiger partial charge is 0.489 e. The summed E-state index contributed by atoms with van der Waals surface area (Å²) >= 11 is 5.82. The van der Waals surface area contributed by atoms with Crippen LogP contribution in [0.3, 0.4) is 0 Å². The second-order valence-electron chi connectivity index (χ2n) is 4.64. The fraction of sp³-hybridized carbons (Fsp3) is 0.500. The third-order valence-corrected chi connectivity index (χ3v) is 3.67. The van der Waals surface area contributed by atoms with Crippen molar-refractivity contribution < 1.29 is 4.74 Å². The molecule has 3 heterocycles. The van der Waals surface area contributed by atoms with Gasteiger partial charge < -0.3 is 9.30 Å².